The molecule has 0 radical (unpaired) electrons. The number of amides is 1. The highest BCUT2D eigenvalue weighted by Crippen LogP contribution is 2.36. The van der Waals surface area contributed by atoms with Crippen LogP contribution in [0.4, 0.5) is 0 Å². The van der Waals surface area contributed by atoms with Gasteiger partial charge in [-0.05, 0) is 49.6 Å². The van der Waals surface area contributed by atoms with Gasteiger partial charge in [-0.1, -0.05) is 18.2 Å². The normalized spacial score (nSPS) is 12.7. The highest BCUT2D eigenvalue weighted by Gasteiger charge is 2.22. The summed E-state index contributed by atoms with van der Waals surface area (Å²) in [4.78, 5) is 16.6. The molecule has 2 N–H and O–H groups in total. The molecular weight excluding hydrogens is 478 g/mol. The van der Waals surface area contributed by atoms with Crippen molar-refractivity contribution in [3.63, 3.8) is 0 Å². The van der Waals surface area contributed by atoms with Crippen LogP contribution in [0.1, 0.15) is 30.9 Å². The van der Waals surface area contributed by atoms with E-state index in [1.54, 1.807) is 14.2 Å². The van der Waals surface area contributed by atoms with Crippen molar-refractivity contribution in [2.45, 2.75) is 26.3 Å². The Hall–Kier alpha value is -3.56. The van der Waals surface area contributed by atoms with E-state index in [4.69, 9.17) is 8.92 Å². The average Bonchev–Trinajstić information content (AvgIpc) is 3.44. The maximum atomic E-state index is 13.3. The summed E-state index contributed by atoms with van der Waals surface area (Å²) in [6, 6.07) is 13.8. The molecule has 2 heterocycles. The summed E-state index contributed by atoms with van der Waals surface area (Å²) in [6.07, 6.45) is 6.28. The number of rotatable bonds is 10. The third kappa shape index (κ3) is 5.32. The summed E-state index contributed by atoms with van der Waals surface area (Å²) in [6.45, 7) is 2.75. The second-order valence-corrected chi connectivity index (χ2v) is 10.3. The first-order chi connectivity index (χ1) is 17.2. The third-order valence-electron chi connectivity index (χ3n) is 6.27. The average molecular weight is 510 g/mol. The maximum Gasteiger partial charge on any atom is 0.264 e. The molecule has 4 rings (SSSR count). The molecule has 0 saturated carbocycles. The number of nitrogens with zero attached hydrogens (tertiary/aromatic N) is 1. The third-order valence-corrected chi connectivity index (χ3v) is 6.87. The smallest absolute Gasteiger partial charge is 0.264 e. The lowest BCUT2D eigenvalue weighted by atomic mass is 9.94. The Bertz CT molecular complexity index is 1550. The quantitative estimate of drug-likeness (QED) is 0.185. The van der Waals surface area contributed by atoms with Gasteiger partial charge in [0.2, 0.25) is 0 Å². The van der Waals surface area contributed by atoms with Gasteiger partial charge in [0.05, 0.1) is 25.5 Å². The molecule has 0 aliphatic heterocycles. The van der Waals surface area contributed by atoms with E-state index in [9.17, 15) is 13.2 Å². The number of H-pyrrole nitrogens is 1. The molecule has 4 aromatic rings. The Morgan fingerprint density at radius 3 is 2.58 bits per heavy atom. The number of allylic oxidation sites excluding steroid dienone is 1. The van der Waals surface area contributed by atoms with Gasteiger partial charge in [0.15, 0.2) is 0 Å². The van der Waals surface area contributed by atoms with Crippen LogP contribution in [0.15, 0.2) is 54.9 Å². The number of methoxy groups -OCH3 is 1. The number of aromatic nitrogens is 2. The first kappa shape index (κ1) is 25.5. The van der Waals surface area contributed by atoms with Crippen LogP contribution in [-0.2, 0) is 25.6 Å². The fourth-order valence-electron chi connectivity index (χ4n) is 4.52. The van der Waals surface area contributed by atoms with Crippen molar-refractivity contribution in [2.75, 3.05) is 27.0 Å². The molecule has 0 atom stereocenters. The zero-order chi connectivity index (χ0) is 25.9. The van der Waals surface area contributed by atoms with E-state index >= 15 is 0 Å². The largest absolute Gasteiger partial charge is 0.497 e. The Labute approximate surface area is 211 Å². The van der Waals surface area contributed by atoms with Crippen molar-refractivity contribution in [1.82, 2.24) is 14.9 Å². The Morgan fingerprint density at radius 1 is 1.08 bits per heavy atom. The number of likely N-dealkylation sites (N-methyl/N-ethyl adjacent to an activating group) is 1. The molecule has 1 amide bonds. The summed E-state index contributed by atoms with van der Waals surface area (Å²) >= 11 is 0. The number of ether oxygens (including phenoxy) is 1. The molecule has 2 aromatic heterocycles. The van der Waals surface area contributed by atoms with Crippen LogP contribution in [0.2, 0.25) is 0 Å². The van der Waals surface area contributed by atoms with Crippen LogP contribution in [0.5, 0.6) is 5.75 Å². The van der Waals surface area contributed by atoms with E-state index in [-0.39, 0.29) is 12.5 Å². The van der Waals surface area contributed by atoms with Gasteiger partial charge in [-0.15, -0.1) is 0 Å². The van der Waals surface area contributed by atoms with E-state index in [1.165, 1.54) is 0 Å². The molecule has 0 unspecified atom stereocenters. The van der Waals surface area contributed by atoms with E-state index in [0.29, 0.717) is 30.7 Å². The lowest BCUT2D eigenvalue weighted by Crippen LogP contribution is -2.20. The molecule has 36 heavy (non-hydrogen) atoms. The molecule has 0 spiro atoms. The molecule has 0 aliphatic carbocycles. The van der Waals surface area contributed by atoms with Gasteiger partial charge in [0.1, 0.15) is 5.75 Å². The molecule has 0 saturated heterocycles. The SMILES string of the molecule is CNC(=O)/C(=C(\C)c1c[nH]c2ccccc12)c1cn(CCCCOS(C)(=O)=O)c2ccc(OC)cc12. The fraction of sp³-hybridized carbons (Fsp3) is 0.296. The van der Waals surface area contributed by atoms with Crippen molar-refractivity contribution in [2.24, 2.45) is 0 Å². The Kier molecular flexibility index (Phi) is 7.51. The zero-order valence-corrected chi connectivity index (χ0v) is 21.7. The molecular formula is C27H31N3O5S. The number of fused-ring (bicyclic) bond motifs is 2. The van der Waals surface area contributed by atoms with Crippen molar-refractivity contribution in [1.29, 1.82) is 0 Å². The van der Waals surface area contributed by atoms with Gasteiger partial charge in [0.25, 0.3) is 16.0 Å². The van der Waals surface area contributed by atoms with Crippen molar-refractivity contribution >= 4 is 49.0 Å². The topological polar surface area (TPSA) is 102 Å². The van der Waals surface area contributed by atoms with Gasteiger partial charge in [-0.3, -0.25) is 8.98 Å². The second kappa shape index (κ2) is 10.6. The number of benzene rings is 2. The summed E-state index contributed by atoms with van der Waals surface area (Å²) in [5.74, 6) is 0.519. The molecule has 0 aliphatic rings. The van der Waals surface area contributed by atoms with Crippen LogP contribution in [0, 0.1) is 0 Å². The second-order valence-electron chi connectivity index (χ2n) is 8.68. The lowest BCUT2D eigenvalue weighted by Gasteiger charge is -2.11. The van der Waals surface area contributed by atoms with Gasteiger partial charge in [-0.2, -0.15) is 8.42 Å². The first-order valence-electron chi connectivity index (χ1n) is 11.7. The Balaban J connectivity index is 1.81. The number of para-hydroxylation sites is 1. The summed E-state index contributed by atoms with van der Waals surface area (Å²) in [5.41, 5.74) is 5.17. The van der Waals surface area contributed by atoms with Crippen molar-refractivity contribution < 1.29 is 22.1 Å². The fourth-order valence-corrected chi connectivity index (χ4v) is 4.94. The number of aromatic amines is 1. The molecule has 8 nitrogen and oxygen atoms in total. The number of aryl methyl sites for hydroxylation is 1. The van der Waals surface area contributed by atoms with E-state index in [0.717, 1.165) is 44.8 Å². The predicted molar refractivity (Wildman–Crippen MR) is 143 cm³/mol. The summed E-state index contributed by atoms with van der Waals surface area (Å²) in [7, 11) is -0.203. The summed E-state index contributed by atoms with van der Waals surface area (Å²) < 4.78 is 34.9. The zero-order valence-electron chi connectivity index (χ0n) is 20.9. The van der Waals surface area contributed by atoms with Gasteiger partial charge in [-0.25, -0.2) is 0 Å². The number of carbonyl (C=O) groups excluding carboxylic acids is 1. The highest BCUT2D eigenvalue weighted by molar-refractivity contribution is 7.85. The molecule has 9 heteroatoms. The van der Waals surface area contributed by atoms with Gasteiger partial charge in [0, 0.05) is 58.9 Å². The lowest BCUT2D eigenvalue weighted by molar-refractivity contribution is -0.115. The standard InChI is InChI=1S/C27H31N3O5S/c1-18(22-16-29-24-10-6-5-9-20(22)24)26(27(31)28-2)23-17-30(13-7-8-14-35-36(4,32)33)25-12-11-19(34-3)15-21(23)25/h5-6,9-12,15-17,29H,7-8,13-14H2,1-4H3,(H,28,31)/b26-18+. The Morgan fingerprint density at radius 2 is 1.86 bits per heavy atom. The van der Waals surface area contributed by atoms with Gasteiger partial charge < -0.3 is 19.6 Å². The number of nitrogens with one attached hydrogen (secondary N) is 2. The van der Waals surface area contributed by atoms with Crippen LogP contribution < -0.4 is 10.1 Å². The summed E-state index contributed by atoms with van der Waals surface area (Å²) in [5, 5.41) is 4.76. The van der Waals surface area contributed by atoms with E-state index in [2.05, 4.69) is 14.9 Å². The molecule has 2 aromatic carbocycles. The van der Waals surface area contributed by atoms with Crippen molar-refractivity contribution in [3.05, 3.63) is 66.0 Å². The molecule has 190 valence electrons. The molecule has 0 fully saturated rings. The highest BCUT2D eigenvalue weighted by atomic mass is 32.2. The van der Waals surface area contributed by atoms with E-state index < -0.39 is 10.1 Å². The minimum absolute atomic E-state index is 0.141. The number of carbonyl (C=O) groups is 1. The maximum absolute atomic E-state index is 13.3. The van der Waals surface area contributed by atoms with Crippen LogP contribution in [0.3, 0.4) is 0 Å². The monoisotopic (exact) mass is 509 g/mol. The minimum atomic E-state index is -3.45. The minimum Gasteiger partial charge on any atom is -0.497 e. The van der Waals surface area contributed by atoms with Gasteiger partial charge >= 0.3 is 0 Å². The van der Waals surface area contributed by atoms with Crippen LogP contribution in [0.25, 0.3) is 33.0 Å². The van der Waals surface area contributed by atoms with Crippen LogP contribution >= 0.6 is 0 Å². The van der Waals surface area contributed by atoms with E-state index in [1.807, 2.05) is 61.8 Å². The number of unbranched alkanes of at least 4 members (excludes halogenated alkanes) is 1. The predicted octanol–water partition coefficient (Wildman–Crippen LogP) is 4.56. The first-order valence-corrected chi connectivity index (χ1v) is 13.6. The molecule has 0 bridgehead atoms. The number of hydrogen-bond donors (Lipinski definition) is 2. The van der Waals surface area contributed by atoms with Crippen LogP contribution in [-0.4, -0.2) is 50.9 Å². The van der Waals surface area contributed by atoms with Crippen molar-refractivity contribution in [3.8, 4) is 5.75 Å². The number of hydrogen-bond acceptors (Lipinski definition) is 5.